The number of rotatable bonds is 5. The predicted molar refractivity (Wildman–Crippen MR) is 117 cm³/mol. The molecular weight excluding hydrogens is 471 g/mol. The first-order chi connectivity index (χ1) is 16.7. The van der Waals surface area contributed by atoms with Crippen molar-refractivity contribution in [1.82, 2.24) is 20.2 Å². The molecule has 3 heterocycles. The number of hydrogen-bond donors (Lipinski definition) is 2. The molecule has 184 valence electrons. The molecule has 5 rings (SSSR count). The molecule has 2 aromatic heterocycles. The summed E-state index contributed by atoms with van der Waals surface area (Å²) in [6.07, 6.45) is 5.38. The number of allylic oxidation sites excluding steroid dienone is 2. The molecule has 1 saturated heterocycles. The molecular formula is C23H21F5N6O. The normalized spacial score (nSPS) is 21.8. The first kappa shape index (κ1) is 23.2. The van der Waals surface area contributed by atoms with Crippen molar-refractivity contribution >= 4 is 11.5 Å². The Labute approximate surface area is 196 Å². The number of aromatic nitrogens is 4. The molecule has 1 fully saturated rings. The standard InChI is InChI=1S/C23H21F5N6O/c24-16-6-18(26)17(25)5-14(16)15-10-34(11-19(15)29)22-30-7-13(8-31-22)35-20-9-32-33-21(20)12-1-3-23(27,28)4-2-12/h1,5-9,15,19H,2-4,10-11,29H2,(H,32,33)/t15-,19-/m1/s1. The quantitative estimate of drug-likeness (QED) is 0.401. The van der Waals surface area contributed by atoms with E-state index in [1.807, 2.05) is 0 Å². The highest BCUT2D eigenvalue weighted by Crippen LogP contribution is 2.39. The van der Waals surface area contributed by atoms with E-state index in [2.05, 4.69) is 20.2 Å². The van der Waals surface area contributed by atoms with Crippen LogP contribution in [0.2, 0.25) is 0 Å². The lowest BCUT2D eigenvalue weighted by molar-refractivity contribution is -0.00607. The number of benzene rings is 1. The van der Waals surface area contributed by atoms with Crippen LogP contribution in [0.5, 0.6) is 11.5 Å². The fourth-order valence-corrected chi connectivity index (χ4v) is 4.40. The summed E-state index contributed by atoms with van der Waals surface area (Å²) in [5.74, 6) is -5.57. The fourth-order valence-electron chi connectivity index (χ4n) is 4.40. The highest BCUT2D eigenvalue weighted by Gasteiger charge is 2.35. The molecule has 0 unspecified atom stereocenters. The second-order valence-electron chi connectivity index (χ2n) is 8.68. The van der Waals surface area contributed by atoms with E-state index >= 15 is 0 Å². The Balaban J connectivity index is 1.28. The summed E-state index contributed by atoms with van der Waals surface area (Å²) in [4.78, 5) is 10.3. The lowest BCUT2D eigenvalue weighted by Gasteiger charge is -2.21. The van der Waals surface area contributed by atoms with Gasteiger partial charge in [0.15, 0.2) is 23.1 Å². The van der Waals surface area contributed by atoms with Gasteiger partial charge in [0.1, 0.15) is 11.5 Å². The van der Waals surface area contributed by atoms with Crippen LogP contribution < -0.4 is 15.4 Å². The van der Waals surface area contributed by atoms with E-state index in [0.29, 0.717) is 34.8 Å². The molecule has 0 spiro atoms. The predicted octanol–water partition coefficient (Wildman–Crippen LogP) is 4.54. The van der Waals surface area contributed by atoms with Gasteiger partial charge >= 0.3 is 0 Å². The third-order valence-electron chi connectivity index (χ3n) is 6.26. The lowest BCUT2D eigenvalue weighted by Crippen LogP contribution is -2.29. The van der Waals surface area contributed by atoms with Crippen LogP contribution in [0.3, 0.4) is 0 Å². The van der Waals surface area contributed by atoms with Gasteiger partial charge in [-0.05, 0) is 23.6 Å². The monoisotopic (exact) mass is 492 g/mol. The molecule has 1 aromatic carbocycles. The minimum absolute atomic E-state index is 0.00104. The summed E-state index contributed by atoms with van der Waals surface area (Å²) in [7, 11) is 0. The van der Waals surface area contributed by atoms with E-state index in [9.17, 15) is 22.0 Å². The SMILES string of the molecule is N[C@@H]1CN(c2ncc(Oc3cn[nH]c3C3=CCC(F)(F)CC3)cn2)C[C@@H]1c1cc(F)c(F)cc1F. The zero-order valence-electron chi connectivity index (χ0n) is 18.3. The van der Waals surface area contributed by atoms with Crippen LogP contribution in [0.1, 0.15) is 36.4 Å². The van der Waals surface area contributed by atoms with Gasteiger partial charge in [0.25, 0.3) is 5.92 Å². The van der Waals surface area contributed by atoms with Crippen LogP contribution in [0.4, 0.5) is 27.9 Å². The van der Waals surface area contributed by atoms with E-state index in [-0.39, 0.29) is 37.9 Å². The first-order valence-corrected chi connectivity index (χ1v) is 11.0. The number of H-pyrrole nitrogens is 1. The molecule has 0 saturated carbocycles. The molecule has 2 atom stereocenters. The third kappa shape index (κ3) is 4.70. The highest BCUT2D eigenvalue weighted by molar-refractivity contribution is 5.68. The van der Waals surface area contributed by atoms with E-state index < -0.39 is 35.3 Å². The van der Waals surface area contributed by atoms with Crippen molar-refractivity contribution in [2.24, 2.45) is 5.73 Å². The summed E-state index contributed by atoms with van der Waals surface area (Å²) in [6, 6.07) is 0.808. The minimum atomic E-state index is -2.71. The number of alkyl halides is 2. The Bertz CT molecular complexity index is 1260. The number of aromatic amines is 1. The van der Waals surface area contributed by atoms with Gasteiger partial charge < -0.3 is 15.4 Å². The maximum absolute atomic E-state index is 14.2. The number of nitrogens with two attached hydrogens (primary N) is 1. The number of anilines is 1. The van der Waals surface area contributed by atoms with E-state index in [0.717, 1.165) is 6.07 Å². The van der Waals surface area contributed by atoms with Gasteiger partial charge in [0.2, 0.25) is 5.95 Å². The van der Waals surface area contributed by atoms with E-state index in [1.165, 1.54) is 24.7 Å². The molecule has 1 aliphatic carbocycles. The summed E-state index contributed by atoms with van der Waals surface area (Å²) in [5.41, 5.74) is 7.37. The van der Waals surface area contributed by atoms with Gasteiger partial charge in [-0.15, -0.1) is 0 Å². The van der Waals surface area contributed by atoms with Crippen LogP contribution >= 0.6 is 0 Å². The third-order valence-corrected chi connectivity index (χ3v) is 6.26. The average Bonchev–Trinajstić information content (AvgIpc) is 3.43. The van der Waals surface area contributed by atoms with Crippen LogP contribution in [-0.4, -0.2) is 45.2 Å². The molecule has 1 aliphatic heterocycles. The van der Waals surface area contributed by atoms with Crippen molar-refractivity contribution in [2.75, 3.05) is 18.0 Å². The Morgan fingerprint density at radius 3 is 2.49 bits per heavy atom. The fraction of sp³-hybridized carbons (Fsp3) is 0.348. The van der Waals surface area contributed by atoms with Gasteiger partial charge in [0, 0.05) is 44.0 Å². The Hall–Kier alpha value is -3.54. The van der Waals surface area contributed by atoms with Crippen LogP contribution in [0, 0.1) is 17.5 Å². The average molecular weight is 492 g/mol. The van der Waals surface area contributed by atoms with Crippen molar-refractivity contribution in [3.8, 4) is 11.5 Å². The number of nitrogens with one attached hydrogen (secondary N) is 1. The van der Waals surface area contributed by atoms with Crippen molar-refractivity contribution in [3.05, 3.63) is 65.5 Å². The molecule has 0 amide bonds. The molecule has 7 nitrogen and oxygen atoms in total. The van der Waals surface area contributed by atoms with Crippen LogP contribution in [0.15, 0.2) is 36.8 Å². The molecule has 3 N–H and O–H groups in total. The van der Waals surface area contributed by atoms with E-state index in [4.69, 9.17) is 10.5 Å². The van der Waals surface area contributed by atoms with Crippen molar-refractivity contribution in [3.63, 3.8) is 0 Å². The molecule has 3 aromatic rings. The molecule has 0 bridgehead atoms. The maximum atomic E-state index is 14.2. The van der Waals surface area contributed by atoms with Crippen molar-refractivity contribution in [1.29, 1.82) is 0 Å². The van der Waals surface area contributed by atoms with Crippen LogP contribution in [0.25, 0.3) is 5.57 Å². The van der Waals surface area contributed by atoms with Gasteiger partial charge in [-0.1, -0.05) is 6.08 Å². The summed E-state index contributed by atoms with van der Waals surface area (Å²) in [6.45, 7) is 0.502. The zero-order valence-corrected chi connectivity index (χ0v) is 18.3. The lowest BCUT2D eigenvalue weighted by atomic mass is 9.94. The summed E-state index contributed by atoms with van der Waals surface area (Å²) >= 11 is 0. The topological polar surface area (TPSA) is 93.0 Å². The van der Waals surface area contributed by atoms with Crippen LogP contribution in [-0.2, 0) is 0 Å². The second-order valence-corrected chi connectivity index (χ2v) is 8.68. The second kappa shape index (κ2) is 8.91. The number of halogens is 5. The molecule has 35 heavy (non-hydrogen) atoms. The minimum Gasteiger partial charge on any atom is -0.450 e. The molecule has 0 radical (unpaired) electrons. The highest BCUT2D eigenvalue weighted by atomic mass is 19.3. The molecule has 2 aliphatic rings. The smallest absolute Gasteiger partial charge is 0.251 e. The number of nitrogens with zero attached hydrogens (tertiary/aromatic N) is 4. The van der Waals surface area contributed by atoms with Crippen molar-refractivity contribution in [2.45, 2.75) is 37.1 Å². The molecule has 12 heteroatoms. The zero-order chi connectivity index (χ0) is 24.7. The van der Waals surface area contributed by atoms with Gasteiger partial charge in [0.05, 0.1) is 18.6 Å². The number of ether oxygens (including phenoxy) is 1. The van der Waals surface area contributed by atoms with Gasteiger partial charge in [-0.3, -0.25) is 5.10 Å². The summed E-state index contributed by atoms with van der Waals surface area (Å²) < 4.78 is 73.9. The number of hydrogen-bond acceptors (Lipinski definition) is 6. The van der Waals surface area contributed by atoms with Crippen molar-refractivity contribution < 1.29 is 26.7 Å². The maximum Gasteiger partial charge on any atom is 0.251 e. The summed E-state index contributed by atoms with van der Waals surface area (Å²) in [5, 5.41) is 6.74. The Morgan fingerprint density at radius 1 is 1.03 bits per heavy atom. The van der Waals surface area contributed by atoms with E-state index in [1.54, 1.807) is 4.90 Å². The Kier molecular flexibility index (Phi) is 5.91. The van der Waals surface area contributed by atoms with Gasteiger partial charge in [-0.25, -0.2) is 31.9 Å². The largest absolute Gasteiger partial charge is 0.450 e. The van der Waals surface area contributed by atoms with Gasteiger partial charge in [-0.2, -0.15) is 5.10 Å². The Morgan fingerprint density at radius 2 is 1.77 bits per heavy atom. The first-order valence-electron chi connectivity index (χ1n) is 11.0.